The fourth-order valence-corrected chi connectivity index (χ4v) is 2.39. The second kappa shape index (κ2) is 6.23. The molecule has 0 aliphatic rings. The number of aromatic hydroxyl groups is 2. The largest absolute Gasteiger partial charge is 0.504 e. The number of H-pyrrole nitrogens is 1. The molecule has 0 amide bonds. The van der Waals surface area contributed by atoms with E-state index in [2.05, 4.69) is 15.3 Å². The van der Waals surface area contributed by atoms with E-state index in [1.54, 1.807) is 24.3 Å². The Kier molecular flexibility index (Phi) is 4.14. The van der Waals surface area contributed by atoms with Crippen molar-refractivity contribution in [3.05, 3.63) is 57.8 Å². The van der Waals surface area contributed by atoms with E-state index < -0.39 is 0 Å². The smallest absolute Gasteiger partial charge is 0.216 e. The monoisotopic (exact) mass is 346 g/mol. The Morgan fingerprint density at radius 3 is 2.74 bits per heavy atom. The third-order valence-corrected chi connectivity index (χ3v) is 3.72. The van der Waals surface area contributed by atoms with Gasteiger partial charge in [-0.1, -0.05) is 29.8 Å². The standard InChI is InChI=1S/C15H11ClN4O2S/c16-11-6-2-1-5-10(11)14-18-19-15(23)20(14)17-8-9-4-3-7-12(21)13(9)22/h1-8,21-22H,(H,19,23). The molecule has 0 aliphatic heterocycles. The third-order valence-electron chi connectivity index (χ3n) is 3.12. The molecule has 3 rings (SSSR count). The molecular weight excluding hydrogens is 336 g/mol. The molecule has 2 aromatic carbocycles. The molecule has 8 heteroatoms. The van der Waals surface area contributed by atoms with Gasteiger partial charge in [0.2, 0.25) is 4.77 Å². The first-order chi connectivity index (χ1) is 11.1. The van der Waals surface area contributed by atoms with Crippen LogP contribution in [-0.4, -0.2) is 31.3 Å². The van der Waals surface area contributed by atoms with E-state index in [0.29, 0.717) is 22.0 Å². The van der Waals surface area contributed by atoms with Crippen molar-refractivity contribution in [2.45, 2.75) is 0 Å². The van der Waals surface area contributed by atoms with Crippen LogP contribution >= 0.6 is 23.8 Å². The van der Waals surface area contributed by atoms with Crippen molar-refractivity contribution in [1.29, 1.82) is 0 Å². The van der Waals surface area contributed by atoms with Gasteiger partial charge in [0, 0.05) is 11.1 Å². The van der Waals surface area contributed by atoms with Gasteiger partial charge in [-0.05, 0) is 36.5 Å². The van der Waals surface area contributed by atoms with Gasteiger partial charge in [0.15, 0.2) is 17.3 Å². The number of nitrogens with zero attached hydrogens (tertiary/aromatic N) is 3. The summed E-state index contributed by atoms with van der Waals surface area (Å²) in [6.07, 6.45) is 1.38. The zero-order chi connectivity index (χ0) is 16.4. The normalized spacial score (nSPS) is 11.2. The highest BCUT2D eigenvalue weighted by Crippen LogP contribution is 2.28. The molecule has 0 fully saturated rings. The van der Waals surface area contributed by atoms with Crippen molar-refractivity contribution in [3.8, 4) is 22.9 Å². The molecule has 0 radical (unpaired) electrons. The second-order valence-electron chi connectivity index (χ2n) is 4.60. The number of rotatable bonds is 3. The Labute approximate surface area is 141 Å². The topological polar surface area (TPSA) is 86.4 Å². The number of aromatic nitrogens is 3. The zero-order valence-corrected chi connectivity index (χ0v) is 13.2. The van der Waals surface area contributed by atoms with Crippen molar-refractivity contribution >= 4 is 30.0 Å². The predicted octanol–water partition coefficient (Wildman–Crippen LogP) is 3.55. The van der Waals surface area contributed by atoms with E-state index in [9.17, 15) is 10.2 Å². The van der Waals surface area contributed by atoms with Crippen LogP contribution < -0.4 is 0 Å². The summed E-state index contributed by atoms with van der Waals surface area (Å²) < 4.78 is 1.66. The SMILES string of the molecule is Oc1cccc(C=Nn2c(-c3ccccc3Cl)n[nH]c2=S)c1O. The van der Waals surface area contributed by atoms with E-state index in [0.717, 1.165) is 0 Å². The summed E-state index contributed by atoms with van der Waals surface area (Å²) in [5, 5.41) is 30.8. The van der Waals surface area contributed by atoms with Crippen LogP contribution in [0.4, 0.5) is 0 Å². The summed E-state index contributed by atoms with van der Waals surface area (Å²) in [5.41, 5.74) is 1.01. The second-order valence-corrected chi connectivity index (χ2v) is 5.40. The molecule has 116 valence electrons. The highest BCUT2D eigenvalue weighted by atomic mass is 35.5. The Hall–Kier alpha value is -2.64. The number of phenols is 2. The molecular formula is C15H11ClN4O2S. The quantitative estimate of drug-likeness (QED) is 0.384. The average Bonchev–Trinajstić information content (AvgIpc) is 2.90. The maximum atomic E-state index is 9.80. The van der Waals surface area contributed by atoms with E-state index in [-0.39, 0.29) is 16.3 Å². The number of aromatic amines is 1. The first-order valence-corrected chi connectivity index (χ1v) is 7.34. The summed E-state index contributed by atoms with van der Waals surface area (Å²) >= 11 is 11.3. The van der Waals surface area contributed by atoms with Crippen LogP contribution in [0.3, 0.4) is 0 Å². The summed E-state index contributed by atoms with van der Waals surface area (Å²) in [7, 11) is 0. The molecule has 1 aromatic heterocycles. The third kappa shape index (κ3) is 2.96. The molecule has 6 nitrogen and oxygen atoms in total. The number of hydrogen-bond acceptors (Lipinski definition) is 5. The van der Waals surface area contributed by atoms with Gasteiger partial charge in [0.05, 0.1) is 11.2 Å². The van der Waals surface area contributed by atoms with Crippen LogP contribution in [0.5, 0.6) is 11.5 Å². The van der Waals surface area contributed by atoms with Crippen LogP contribution in [0.25, 0.3) is 11.4 Å². The van der Waals surface area contributed by atoms with Gasteiger partial charge in [-0.3, -0.25) is 0 Å². The van der Waals surface area contributed by atoms with E-state index in [1.165, 1.54) is 17.0 Å². The Balaban J connectivity index is 2.07. The lowest BCUT2D eigenvalue weighted by molar-refractivity contribution is 0.403. The van der Waals surface area contributed by atoms with Crippen LogP contribution in [0.1, 0.15) is 5.56 Å². The summed E-state index contributed by atoms with van der Waals surface area (Å²) in [6, 6.07) is 11.8. The minimum Gasteiger partial charge on any atom is -0.504 e. The molecule has 0 bridgehead atoms. The van der Waals surface area contributed by atoms with Crippen molar-refractivity contribution < 1.29 is 10.2 Å². The number of hydrogen-bond donors (Lipinski definition) is 3. The summed E-state index contributed by atoms with van der Waals surface area (Å²) in [4.78, 5) is 0. The molecule has 0 aliphatic carbocycles. The van der Waals surface area contributed by atoms with Crippen molar-refractivity contribution in [1.82, 2.24) is 14.9 Å². The number of nitrogens with one attached hydrogen (secondary N) is 1. The van der Waals surface area contributed by atoms with E-state index in [1.807, 2.05) is 12.1 Å². The van der Waals surface area contributed by atoms with Gasteiger partial charge in [-0.25, -0.2) is 5.10 Å². The molecule has 23 heavy (non-hydrogen) atoms. The molecule has 0 saturated heterocycles. The lowest BCUT2D eigenvalue weighted by Crippen LogP contribution is -1.95. The summed E-state index contributed by atoms with van der Waals surface area (Å²) in [5.74, 6) is -0.0434. The zero-order valence-electron chi connectivity index (χ0n) is 11.6. The number of para-hydroxylation sites is 1. The number of benzene rings is 2. The van der Waals surface area contributed by atoms with Crippen LogP contribution in [0.15, 0.2) is 47.6 Å². The van der Waals surface area contributed by atoms with Gasteiger partial charge in [0.1, 0.15) is 0 Å². The Bertz CT molecular complexity index is 949. The Morgan fingerprint density at radius 2 is 1.96 bits per heavy atom. The van der Waals surface area contributed by atoms with Crippen LogP contribution in [-0.2, 0) is 0 Å². The van der Waals surface area contributed by atoms with Gasteiger partial charge >= 0.3 is 0 Å². The molecule has 1 heterocycles. The van der Waals surface area contributed by atoms with E-state index in [4.69, 9.17) is 23.8 Å². The minimum absolute atomic E-state index is 0.226. The van der Waals surface area contributed by atoms with Crippen molar-refractivity contribution in [2.24, 2.45) is 5.10 Å². The molecule has 0 spiro atoms. The van der Waals surface area contributed by atoms with Crippen LogP contribution in [0, 0.1) is 4.77 Å². The first kappa shape index (κ1) is 15.3. The highest BCUT2D eigenvalue weighted by molar-refractivity contribution is 7.71. The number of halogens is 1. The first-order valence-electron chi connectivity index (χ1n) is 6.55. The summed E-state index contributed by atoms with van der Waals surface area (Å²) in [6.45, 7) is 0. The van der Waals surface area contributed by atoms with Gasteiger partial charge in [-0.15, -0.1) is 0 Å². The average molecular weight is 347 g/mol. The Morgan fingerprint density at radius 1 is 1.17 bits per heavy atom. The molecule has 3 N–H and O–H groups in total. The van der Waals surface area contributed by atoms with Gasteiger partial charge in [-0.2, -0.15) is 14.9 Å². The predicted molar refractivity (Wildman–Crippen MR) is 90.6 cm³/mol. The molecule has 0 unspecified atom stereocenters. The van der Waals surface area contributed by atoms with Gasteiger partial charge < -0.3 is 10.2 Å². The van der Waals surface area contributed by atoms with E-state index >= 15 is 0 Å². The van der Waals surface area contributed by atoms with Gasteiger partial charge in [0.25, 0.3) is 0 Å². The lowest BCUT2D eigenvalue weighted by Gasteiger charge is -2.04. The number of phenolic OH excluding ortho intramolecular Hbond substituents is 2. The molecule has 0 atom stereocenters. The lowest BCUT2D eigenvalue weighted by atomic mass is 10.2. The van der Waals surface area contributed by atoms with Crippen molar-refractivity contribution in [3.63, 3.8) is 0 Å². The van der Waals surface area contributed by atoms with Crippen molar-refractivity contribution in [2.75, 3.05) is 0 Å². The molecule has 0 saturated carbocycles. The van der Waals surface area contributed by atoms with Crippen LogP contribution in [0.2, 0.25) is 5.02 Å². The highest BCUT2D eigenvalue weighted by Gasteiger charge is 2.11. The maximum Gasteiger partial charge on any atom is 0.216 e. The fourth-order valence-electron chi connectivity index (χ4n) is 1.99. The maximum absolute atomic E-state index is 9.80. The molecule has 3 aromatic rings. The fraction of sp³-hybridized carbons (Fsp3) is 0. The minimum atomic E-state index is -0.259.